The van der Waals surface area contributed by atoms with Crippen molar-refractivity contribution < 1.29 is 13.2 Å². The van der Waals surface area contributed by atoms with E-state index in [2.05, 4.69) is 10.3 Å². The zero-order valence-electron chi connectivity index (χ0n) is 16.8. The van der Waals surface area contributed by atoms with Gasteiger partial charge in [0.2, 0.25) is 15.9 Å². The largest absolute Gasteiger partial charge is 0.376 e. The van der Waals surface area contributed by atoms with Crippen LogP contribution in [0.3, 0.4) is 0 Å². The topological polar surface area (TPSA) is 82.6 Å². The summed E-state index contributed by atoms with van der Waals surface area (Å²) in [6.45, 7) is 0. The van der Waals surface area contributed by atoms with Crippen molar-refractivity contribution in [2.45, 2.75) is 17.7 Å². The number of rotatable bonds is 7. The number of anilines is 2. The number of hydrogen-bond donors (Lipinski definition) is 1. The molecule has 1 aromatic heterocycles. The first kappa shape index (κ1) is 21.2. The molecule has 2 aromatic carbocycles. The van der Waals surface area contributed by atoms with E-state index in [0.29, 0.717) is 12.1 Å². The third kappa shape index (κ3) is 4.75. The number of sulfonamides is 1. The average molecular weight is 433 g/mol. The lowest BCUT2D eigenvalue weighted by Gasteiger charge is -2.20. The van der Waals surface area contributed by atoms with E-state index in [-0.39, 0.29) is 17.2 Å². The molecule has 9 heteroatoms. The van der Waals surface area contributed by atoms with Crippen LogP contribution in [0.1, 0.15) is 11.4 Å². The van der Waals surface area contributed by atoms with E-state index in [9.17, 15) is 13.2 Å². The van der Waals surface area contributed by atoms with Crippen molar-refractivity contribution in [2.75, 3.05) is 38.4 Å². The quantitative estimate of drug-likeness (QED) is 0.620. The van der Waals surface area contributed by atoms with E-state index in [0.717, 1.165) is 25.2 Å². The van der Waals surface area contributed by atoms with Gasteiger partial charge in [-0.15, -0.1) is 11.3 Å². The van der Waals surface area contributed by atoms with Gasteiger partial charge in [-0.2, -0.15) is 0 Å². The molecule has 3 aromatic rings. The Morgan fingerprint density at radius 3 is 2.48 bits per heavy atom. The standard InChI is InChI=1S/C20H24N4O3S2/c1-23(2)17-10-9-14(29(26,27)24(3)4)13-16(17)21-19(25)11-12-20-22-15-7-5-6-8-18(15)28-20/h5-10,13H,11-12H2,1-4H3,(H,21,25). The van der Waals surface area contributed by atoms with Crippen LogP contribution in [0.2, 0.25) is 0 Å². The number of thiazole rings is 1. The number of benzene rings is 2. The second-order valence-electron chi connectivity index (χ2n) is 6.98. The lowest BCUT2D eigenvalue weighted by Crippen LogP contribution is -2.23. The summed E-state index contributed by atoms with van der Waals surface area (Å²) in [5.74, 6) is -0.188. The third-order valence-electron chi connectivity index (χ3n) is 4.41. The predicted octanol–water partition coefficient (Wildman–Crippen LogP) is 3.18. The molecule has 29 heavy (non-hydrogen) atoms. The van der Waals surface area contributed by atoms with Crippen LogP contribution in [0, 0.1) is 0 Å². The molecule has 0 fully saturated rings. The second kappa shape index (κ2) is 8.48. The Morgan fingerprint density at radius 2 is 1.83 bits per heavy atom. The summed E-state index contributed by atoms with van der Waals surface area (Å²) in [5.41, 5.74) is 2.13. The van der Waals surface area contributed by atoms with Gasteiger partial charge in [0.25, 0.3) is 0 Å². The zero-order chi connectivity index (χ0) is 21.2. The highest BCUT2D eigenvalue weighted by atomic mass is 32.2. The number of carbonyl (C=O) groups excluding carboxylic acids is 1. The number of nitrogens with zero attached hydrogens (tertiary/aromatic N) is 3. The van der Waals surface area contributed by atoms with Crippen LogP contribution in [0.25, 0.3) is 10.2 Å². The molecule has 0 bridgehead atoms. The maximum Gasteiger partial charge on any atom is 0.242 e. The normalized spacial score (nSPS) is 11.8. The highest BCUT2D eigenvalue weighted by Gasteiger charge is 2.20. The maximum absolute atomic E-state index is 12.6. The molecule has 1 heterocycles. The molecule has 0 radical (unpaired) electrons. The van der Waals surface area contributed by atoms with Crippen LogP contribution in [0.15, 0.2) is 47.4 Å². The zero-order valence-corrected chi connectivity index (χ0v) is 18.5. The smallest absolute Gasteiger partial charge is 0.242 e. The van der Waals surface area contributed by atoms with Gasteiger partial charge in [-0.25, -0.2) is 17.7 Å². The fourth-order valence-corrected chi connectivity index (χ4v) is 4.73. The number of aromatic nitrogens is 1. The first-order valence-electron chi connectivity index (χ1n) is 9.06. The molecule has 0 aliphatic heterocycles. The van der Waals surface area contributed by atoms with Gasteiger partial charge in [0, 0.05) is 41.0 Å². The molecule has 0 saturated carbocycles. The predicted molar refractivity (Wildman–Crippen MR) is 118 cm³/mol. The molecule has 0 unspecified atom stereocenters. The van der Waals surface area contributed by atoms with Crippen molar-refractivity contribution in [3.8, 4) is 0 Å². The fraction of sp³-hybridized carbons (Fsp3) is 0.300. The van der Waals surface area contributed by atoms with Crippen molar-refractivity contribution >= 4 is 48.9 Å². The Balaban J connectivity index is 1.77. The first-order chi connectivity index (χ1) is 13.7. The van der Waals surface area contributed by atoms with E-state index in [1.165, 1.54) is 20.2 Å². The van der Waals surface area contributed by atoms with Crippen LogP contribution in [0.4, 0.5) is 11.4 Å². The lowest BCUT2D eigenvalue weighted by atomic mass is 10.2. The van der Waals surface area contributed by atoms with Crippen LogP contribution in [-0.2, 0) is 21.2 Å². The Kier molecular flexibility index (Phi) is 6.21. The van der Waals surface area contributed by atoms with Gasteiger partial charge in [-0.05, 0) is 30.3 Å². The summed E-state index contributed by atoms with van der Waals surface area (Å²) in [5, 5.41) is 3.76. The summed E-state index contributed by atoms with van der Waals surface area (Å²) < 4.78 is 27.1. The van der Waals surface area contributed by atoms with E-state index in [4.69, 9.17) is 0 Å². The van der Waals surface area contributed by atoms with Gasteiger partial charge >= 0.3 is 0 Å². The number of hydrogen-bond acceptors (Lipinski definition) is 6. The molecule has 0 atom stereocenters. The van der Waals surface area contributed by atoms with Crippen LogP contribution >= 0.6 is 11.3 Å². The van der Waals surface area contributed by atoms with E-state index in [1.807, 2.05) is 43.3 Å². The summed E-state index contributed by atoms with van der Waals surface area (Å²) in [7, 11) is 3.04. The minimum Gasteiger partial charge on any atom is -0.376 e. The molecule has 0 aliphatic rings. The molecule has 0 saturated heterocycles. The van der Waals surface area contributed by atoms with Crippen molar-refractivity contribution in [2.24, 2.45) is 0 Å². The van der Waals surface area contributed by atoms with E-state index in [1.54, 1.807) is 23.5 Å². The van der Waals surface area contributed by atoms with Crippen molar-refractivity contribution in [1.82, 2.24) is 9.29 Å². The van der Waals surface area contributed by atoms with Gasteiger partial charge in [-0.3, -0.25) is 4.79 Å². The van der Waals surface area contributed by atoms with Gasteiger partial charge in [-0.1, -0.05) is 12.1 Å². The number of para-hydroxylation sites is 1. The van der Waals surface area contributed by atoms with Crippen LogP contribution in [0.5, 0.6) is 0 Å². The average Bonchev–Trinajstić information content (AvgIpc) is 3.09. The molecule has 1 N–H and O–H groups in total. The van der Waals surface area contributed by atoms with E-state index < -0.39 is 10.0 Å². The minimum atomic E-state index is -3.59. The molecule has 154 valence electrons. The summed E-state index contributed by atoms with van der Waals surface area (Å²) in [6, 6.07) is 12.6. The van der Waals surface area contributed by atoms with Crippen molar-refractivity contribution in [3.63, 3.8) is 0 Å². The number of fused-ring (bicyclic) bond motifs is 1. The van der Waals surface area contributed by atoms with Crippen molar-refractivity contribution in [3.05, 3.63) is 47.5 Å². The molecular weight excluding hydrogens is 408 g/mol. The van der Waals surface area contributed by atoms with Gasteiger partial charge < -0.3 is 10.2 Å². The lowest BCUT2D eigenvalue weighted by molar-refractivity contribution is -0.116. The van der Waals surface area contributed by atoms with Gasteiger partial charge in [0.15, 0.2) is 0 Å². The number of nitrogens with one attached hydrogen (secondary N) is 1. The fourth-order valence-electron chi connectivity index (χ4n) is 2.84. The first-order valence-corrected chi connectivity index (χ1v) is 11.3. The van der Waals surface area contributed by atoms with E-state index >= 15 is 0 Å². The highest BCUT2D eigenvalue weighted by molar-refractivity contribution is 7.89. The molecule has 3 rings (SSSR count). The Hall–Kier alpha value is -2.49. The Morgan fingerprint density at radius 1 is 1.10 bits per heavy atom. The summed E-state index contributed by atoms with van der Waals surface area (Å²) >= 11 is 1.58. The van der Waals surface area contributed by atoms with Crippen LogP contribution < -0.4 is 10.2 Å². The summed E-state index contributed by atoms with van der Waals surface area (Å²) in [4.78, 5) is 19.1. The van der Waals surface area contributed by atoms with Crippen LogP contribution in [-0.4, -0.2) is 51.8 Å². The molecule has 0 aliphatic carbocycles. The Bertz CT molecular complexity index is 1100. The van der Waals surface area contributed by atoms with Crippen molar-refractivity contribution in [1.29, 1.82) is 0 Å². The summed E-state index contributed by atoms with van der Waals surface area (Å²) in [6.07, 6.45) is 0.787. The molecule has 1 amide bonds. The van der Waals surface area contributed by atoms with Gasteiger partial charge in [0.1, 0.15) is 0 Å². The van der Waals surface area contributed by atoms with Gasteiger partial charge in [0.05, 0.1) is 31.5 Å². The Labute approximate surface area is 175 Å². The highest BCUT2D eigenvalue weighted by Crippen LogP contribution is 2.29. The minimum absolute atomic E-state index is 0.134. The molecular formula is C20H24N4O3S2. The number of aryl methyl sites for hydroxylation is 1. The number of amides is 1. The number of carbonyl (C=O) groups is 1. The molecule has 0 spiro atoms. The molecule has 7 nitrogen and oxygen atoms in total. The second-order valence-corrected chi connectivity index (χ2v) is 10.3. The SMILES string of the molecule is CN(C)c1ccc(S(=O)(=O)N(C)C)cc1NC(=O)CCc1nc2ccccc2s1. The monoisotopic (exact) mass is 432 g/mol. The maximum atomic E-state index is 12.6. The third-order valence-corrected chi connectivity index (χ3v) is 7.31.